The molecule has 1 aliphatic heterocycles. The molecule has 0 spiro atoms. The highest BCUT2D eigenvalue weighted by molar-refractivity contribution is 7.89. The molecule has 7 nitrogen and oxygen atoms in total. The molecule has 1 aromatic rings. The van der Waals surface area contributed by atoms with Crippen molar-refractivity contribution >= 4 is 15.9 Å². The molecule has 1 aromatic heterocycles. The quantitative estimate of drug-likeness (QED) is 0.881. The second-order valence-electron chi connectivity index (χ2n) is 5.28. The summed E-state index contributed by atoms with van der Waals surface area (Å²) in [4.78, 5) is 12.0. The number of piperazine rings is 1. The molecule has 1 fully saturated rings. The third-order valence-corrected chi connectivity index (χ3v) is 5.01. The molecular formula is C13H17N3O4S. The number of hydrogen-bond acceptors (Lipinski definition) is 5. The molecular weight excluding hydrogens is 294 g/mol. The molecule has 0 bridgehead atoms. The predicted octanol–water partition coefficient (Wildman–Crippen LogP) is 0.686. The highest BCUT2D eigenvalue weighted by atomic mass is 32.2. The van der Waals surface area contributed by atoms with Crippen LogP contribution in [0, 0.1) is 17.2 Å². The average molecular weight is 311 g/mol. The minimum Gasteiger partial charge on any atom is -0.433 e. The topological polar surface area (TPSA) is 103 Å². The molecule has 21 heavy (non-hydrogen) atoms. The van der Waals surface area contributed by atoms with Crippen molar-refractivity contribution in [2.24, 2.45) is 5.92 Å². The van der Waals surface area contributed by atoms with E-state index < -0.39 is 16.1 Å². The van der Waals surface area contributed by atoms with Gasteiger partial charge in [-0.2, -0.15) is 9.57 Å². The van der Waals surface area contributed by atoms with Gasteiger partial charge in [0, 0.05) is 13.1 Å². The number of furan rings is 1. The largest absolute Gasteiger partial charge is 0.433 e. The Morgan fingerprint density at radius 3 is 2.81 bits per heavy atom. The first-order valence-electron chi connectivity index (χ1n) is 6.65. The molecule has 1 aliphatic rings. The van der Waals surface area contributed by atoms with Gasteiger partial charge in [0.15, 0.2) is 0 Å². The number of nitriles is 1. The minimum atomic E-state index is -3.92. The van der Waals surface area contributed by atoms with Crippen LogP contribution in [0.5, 0.6) is 0 Å². The number of nitrogens with zero attached hydrogens (tertiary/aromatic N) is 2. The van der Waals surface area contributed by atoms with E-state index >= 15 is 0 Å². The van der Waals surface area contributed by atoms with E-state index in [1.165, 1.54) is 12.1 Å². The van der Waals surface area contributed by atoms with Crippen LogP contribution in [-0.4, -0.2) is 37.8 Å². The van der Waals surface area contributed by atoms with Gasteiger partial charge in [-0.05, 0) is 24.5 Å². The Morgan fingerprint density at radius 1 is 1.52 bits per heavy atom. The molecule has 2 rings (SSSR count). The lowest BCUT2D eigenvalue weighted by Gasteiger charge is -2.34. The zero-order valence-electron chi connectivity index (χ0n) is 11.9. The molecule has 114 valence electrons. The Hall–Kier alpha value is -1.85. The molecule has 0 saturated carbocycles. The summed E-state index contributed by atoms with van der Waals surface area (Å²) in [5.74, 6) is -0.205. The van der Waals surface area contributed by atoms with Crippen LogP contribution in [0.4, 0.5) is 0 Å². The maximum Gasteiger partial charge on any atom is 0.277 e. The highest BCUT2D eigenvalue weighted by Gasteiger charge is 2.40. The van der Waals surface area contributed by atoms with Crippen LogP contribution < -0.4 is 5.32 Å². The van der Waals surface area contributed by atoms with Crippen molar-refractivity contribution in [3.05, 3.63) is 17.9 Å². The molecule has 1 N–H and O–H groups in total. The molecule has 1 saturated heterocycles. The van der Waals surface area contributed by atoms with Gasteiger partial charge in [0.2, 0.25) is 16.8 Å². The lowest BCUT2D eigenvalue weighted by atomic mass is 10.0. The first-order chi connectivity index (χ1) is 9.86. The smallest absolute Gasteiger partial charge is 0.277 e. The van der Waals surface area contributed by atoms with E-state index in [0.29, 0.717) is 6.42 Å². The van der Waals surface area contributed by atoms with E-state index in [1.807, 2.05) is 13.8 Å². The third kappa shape index (κ3) is 3.09. The van der Waals surface area contributed by atoms with Gasteiger partial charge in [-0.3, -0.25) is 4.79 Å². The fourth-order valence-corrected chi connectivity index (χ4v) is 3.80. The van der Waals surface area contributed by atoms with Gasteiger partial charge in [0.05, 0.1) is 0 Å². The monoisotopic (exact) mass is 311 g/mol. The van der Waals surface area contributed by atoms with Gasteiger partial charge in [0.1, 0.15) is 12.1 Å². The lowest BCUT2D eigenvalue weighted by Crippen LogP contribution is -2.57. The molecule has 0 aliphatic carbocycles. The van der Waals surface area contributed by atoms with Crippen LogP contribution in [0.1, 0.15) is 26.0 Å². The first-order valence-corrected chi connectivity index (χ1v) is 8.09. The van der Waals surface area contributed by atoms with Gasteiger partial charge in [-0.25, -0.2) is 8.42 Å². The molecule has 1 atom stereocenters. The van der Waals surface area contributed by atoms with Crippen molar-refractivity contribution in [1.29, 1.82) is 5.26 Å². The van der Waals surface area contributed by atoms with Crippen LogP contribution in [0.25, 0.3) is 0 Å². The molecule has 0 radical (unpaired) electrons. The van der Waals surface area contributed by atoms with Gasteiger partial charge < -0.3 is 9.73 Å². The molecule has 0 aromatic carbocycles. The summed E-state index contributed by atoms with van der Waals surface area (Å²) in [6.45, 7) is 4.30. The number of carbonyl (C=O) groups is 1. The van der Waals surface area contributed by atoms with Gasteiger partial charge in [0.25, 0.3) is 10.0 Å². The minimum absolute atomic E-state index is 0.0737. The van der Waals surface area contributed by atoms with Crippen molar-refractivity contribution in [2.75, 3.05) is 13.1 Å². The van der Waals surface area contributed by atoms with Crippen molar-refractivity contribution in [2.45, 2.75) is 31.4 Å². The summed E-state index contributed by atoms with van der Waals surface area (Å²) in [7, 11) is -3.92. The average Bonchev–Trinajstić information content (AvgIpc) is 2.90. The van der Waals surface area contributed by atoms with E-state index in [9.17, 15) is 13.2 Å². The maximum atomic E-state index is 12.6. The summed E-state index contributed by atoms with van der Waals surface area (Å²) in [5, 5.41) is 11.1. The molecule has 1 unspecified atom stereocenters. The van der Waals surface area contributed by atoms with Gasteiger partial charge in [-0.15, -0.1) is 0 Å². The number of hydrogen-bond donors (Lipinski definition) is 1. The zero-order chi connectivity index (χ0) is 15.6. The number of amides is 1. The zero-order valence-corrected chi connectivity index (χ0v) is 12.7. The van der Waals surface area contributed by atoms with E-state index in [0.717, 1.165) is 4.31 Å². The number of rotatable bonds is 4. The van der Waals surface area contributed by atoms with E-state index in [2.05, 4.69) is 5.32 Å². The van der Waals surface area contributed by atoms with Crippen LogP contribution in [0.3, 0.4) is 0 Å². The van der Waals surface area contributed by atoms with E-state index in [4.69, 9.17) is 9.68 Å². The molecule has 1 amide bonds. The van der Waals surface area contributed by atoms with Gasteiger partial charge >= 0.3 is 0 Å². The van der Waals surface area contributed by atoms with Crippen molar-refractivity contribution in [3.8, 4) is 6.07 Å². The van der Waals surface area contributed by atoms with Crippen LogP contribution in [-0.2, 0) is 14.8 Å². The Kier molecular flexibility index (Phi) is 4.34. The fraction of sp³-hybridized carbons (Fsp3) is 0.538. The lowest BCUT2D eigenvalue weighted by molar-refractivity contribution is -0.127. The summed E-state index contributed by atoms with van der Waals surface area (Å²) < 4.78 is 31.4. The predicted molar refractivity (Wildman–Crippen MR) is 73.6 cm³/mol. The second-order valence-corrected chi connectivity index (χ2v) is 7.10. The van der Waals surface area contributed by atoms with E-state index in [1.54, 1.807) is 6.07 Å². The SMILES string of the molecule is CC(C)CC1C(=O)NCCN1S(=O)(=O)c1ccc(C#N)o1. The van der Waals surface area contributed by atoms with Gasteiger partial charge in [-0.1, -0.05) is 13.8 Å². The molecule has 8 heteroatoms. The number of nitrogens with one attached hydrogen (secondary N) is 1. The summed E-state index contributed by atoms with van der Waals surface area (Å²) in [6.07, 6.45) is 0.427. The Labute approximate surface area is 123 Å². The van der Waals surface area contributed by atoms with Crippen LogP contribution in [0.15, 0.2) is 21.6 Å². The standard InChI is InChI=1S/C13H17N3O4S/c1-9(2)7-11-13(17)15-5-6-16(11)21(18,19)12-4-3-10(8-14)20-12/h3-4,9,11H,5-7H2,1-2H3,(H,15,17). The fourth-order valence-electron chi connectivity index (χ4n) is 2.29. The number of carbonyl (C=O) groups excluding carboxylic acids is 1. The maximum absolute atomic E-state index is 12.6. The van der Waals surface area contributed by atoms with Crippen LogP contribution >= 0.6 is 0 Å². The van der Waals surface area contributed by atoms with Crippen LogP contribution in [0.2, 0.25) is 0 Å². The summed E-state index contributed by atoms with van der Waals surface area (Å²) >= 11 is 0. The number of sulfonamides is 1. The van der Waals surface area contributed by atoms with Crippen molar-refractivity contribution < 1.29 is 17.6 Å². The highest BCUT2D eigenvalue weighted by Crippen LogP contribution is 2.24. The first kappa shape index (κ1) is 15.5. The third-order valence-electron chi connectivity index (χ3n) is 3.23. The van der Waals surface area contributed by atoms with Crippen molar-refractivity contribution in [1.82, 2.24) is 9.62 Å². The Balaban J connectivity index is 2.36. The van der Waals surface area contributed by atoms with Crippen molar-refractivity contribution in [3.63, 3.8) is 0 Å². The second kappa shape index (κ2) is 5.87. The normalized spacial score (nSPS) is 20.3. The Morgan fingerprint density at radius 2 is 2.24 bits per heavy atom. The summed E-state index contributed by atoms with van der Waals surface area (Å²) in [5.41, 5.74) is 0. The summed E-state index contributed by atoms with van der Waals surface area (Å²) in [6, 6.07) is 3.54. The Bertz CT molecular complexity index is 672. The molecule has 2 heterocycles. The van der Waals surface area contributed by atoms with E-state index in [-0.39, 0.29) is 35.8 Å².